The van der Waals surface area contributed by atoms with Crippen LogP contribution in [0.5, 0.6) is 0 Å². The van der Waals surface area contributed by atoms with Gasteiger partial charge in [0, 0.05) is 30.7 Å². The molecule has 0 aliphatic rings. The number of hydrogen-bond donors (Lipinski definition) is 1. The van der Waals surface area contributed by atoms with Crippen LogP contribution in [-0.2, 0) is 4.79 Å². The second-order valence-corrected chi connectivity index (χ2v) is 8.74. The lowest BCUT2D eigenvalue weighted by atomic mass is 10.2. The van der Waals surface area contributed by atoms with Crippen LogP contribution in [0.25, 0.3) is 10.2 Å². The Morgan fingerprint density at radius 2 is 2.06 bits per heavy atom. The highest BCUT2D eigenvalue weighted by molar-refractivity contribution is 7.21. The molecule has 0 unspecified atom stereocenters. The van der Waals surface area contributed by atoms with Crippen molar-refractivity contribution in [3.63, 3.8) is 0 Å². The molecular formula is C23H25ClN6OS. The zero-order valence-electron chi connectivity index (χ0n) is 18.1. The van der Waals surface area contributed by atoms with E-state index in [4.69, 9.17) is 16.9 Å². The molecule has 166 valence electrons. The van der Waals surface area contributed by atoms with Crippen molar-refractivity contribution in [2.75, 3.05) is 23.3 Å². The minimum Gasteiger partial charge on any atom is -0.370 e. The van der Waals surface area contributed by atoms with Crippen LogP contribution in [0.3, 0.4) is 0 Å². The van der Waals surface area contributed by atoms with Gasteiger partial charge in [0.05, 0.1) is 28.4 Å². The maximum Gasteiger partial charge on any atom is 0.231 e. The van der Waals surface area contributed by atoms with E-state index in [2.05, 4.69) is 38.4 Å². The fourth-order valence-electron chi connectivity index (χ4n) is 3.23. The predicted molar refractivity (Wildman–Crippen MR) is 132 cm³/mol. The van der Waals surface area contributed by atoms with E-state index in [-0.39, 0.29) is 5.91 Å². The lowest BCUT2D eigenvalue weighted by Gasteiger charge is -2.24. The van der Waals surface area contributed by atoms with Gasteiger partial charge in [-0.2, -0.15) is 5.26 Å². The van der Waals surface area contributed by atoms with E-state index >= 15 is 0 Å². The third-order valence-corrected chi connectivity index (χ3v) is 5.90. The summed E-state index contributed by atoms with van der Waals surface area (Å²) in [4.78, 5) is 18.4. The van der Waals surface area contributed by atoms with Crippen LogP contribution in [-0.4, -0.2) is 24.0 Å². The van der Waals surface area contributed by atoms with Crippen LogP contribution in [0.1, 0.15) is 39.5 Å². The van der Waals surface area contributed by atoms with Gasteiger partial charge in [0.2, 0.25) is 11.0 Å². The first-order valence-electron chi connectivity index (χ1n) is 10.5. The van der Waals surface area contributed by atoms with E-state index < -0.39 is 0 Å². The van der Waals surface area contributed by atoms with E-state index in [0.717, 1.165) is 41.7 Å². The molecule has 1 aromatic heterocycles. The van der Waals surface area contributed by atoms with Crippen LogP contribution in [0, 0.1) is 11.3 Å². The summed E-state index contributed by atoms with van der Waals surface area (Å²) < 4.78 is 0.934. The highest BCUT2D eigenvalue weighted by Crippen LogP contribution is 2.34. The highest BCUT2D eigenvalue weighted by Gasteiger charge is 2.12. The standard InChI is InChI=1S/C23H25ClN6OS/c1-3-4-5-12-30(13-6-11-25)18-8-10-19(21(15-18)26-16(2)31)28-29-23-27-20-9-7-17(24)14-22(20)32-23/h7-10,14-15H,3-6,12-13H2,1-2H3,(H,26,31). The molecule has 0 atom stereocenters. The Bertz CT molecular complexity index is 1150. The topological polar surface area (TPSA) is 93.7 Å². The fraction of sp³-hybridized carbons (Fsp3) is 0.348. The SMILES string of the molecule is CCCCCN(CCC#N)c1ccc(N=Nc2nc3ccc(Cl)cc3s2)c(NC(C)=O)c1. The van der Waals surface area contributed by atoms with Crippen LogP contribution in [0.15, 0.2) is 46.6 Å². The zero-order chi connectivity index (χ0) is 22.9. The number of anilines is 2. The second-order valence-electron chi connectivity index (χ2n) is 7.29. The molecule has 0 aliphatic carbocycles. The Labute approximate surface area is 196 Å². The number of aromatic nitrogens is 1. The van der Waals surface area contributed by atoms with Gasteiger partial charge in [-0.3, -0.25) is 4.79 Å². The molecular weight excluding hydrogens is 444 g/mol. The van der Waals surface area contributed by atoms with Gasteiger partial charge in [0.15, 0.2) is 0 Å². The number of carbonyl (C=O) groups is 1. The Morgan fingerprint density at radius 1 is 1.22 bits per heavy atom. The van der Waals surface area contributed by atoms with Crippen molar-refractivity contribution in [3.8, 4) is 6.07 Å². The Kier molecular flexibility index (Phi) is 8.54. The molecule has 0 bridgehead atoms. The molecule has 7 nitrogen and oxygen atoms in total. The third-order valence-electron chi connectivity index (χ3n) is 4.76. The highest BCUT2D eigenvalue weighted by atomic mass is 35.5. The molecule has 0 aliphatic heterocycles. The zero-order valence-corrected chi connectivity index (χ0v) is 19.7. The molecule has 2 aromatic carbocycles. The number of nitriles is 1. The van der Waals surface area contributed by atoms with Gasteiger partial charge in [0.25, 0.3) is 0 Å². The summed E-state index contributed by atoms with van der Waals surface area (Å²) >= 11 is 7.44. The monoisotopic (exact) mass is 468 g/mol. The number of halogens is 1. The summed E-state index contributed by atoms with van der Waals surface area (Å²) in [7, 11) is 0. The first-order valence-corrected chi connectivity index (χ1v) is 11.7. The lowest BCUT2D eigenvalue weighted by molar-refractivity contribution is -0.114. The maximum absolute atomic E-state index is 11.8. The molecule has 0 saturated carbocycles. The first-order chi connectivity index (χ1) is 15.5. The number of nitrogens with one attached hydrogen (secondary N) is 1. The molecule has 0 spiro atoms. The van der Waals surface area contributed by atoms with E-state index in [0.29, 0.717) is 34.5 Å². The molecule has 0 fully saturated rings. The van der Waals surface area contributed by atoms with Crippen LogP contribution < -0.4 is 10.2 Å². The van der Waals surface area contributed by atoms with Gasteiger partial charge in [0.1, 0.15) is 5.69 Å². The third kappa shape index (κ3) is 6.49. The molecule has 0 saturated heterocycles. The van der Waals surface area contributed by atoms with E-state index in [1.807, 2.05) is 30.3 Å². The quantitative estimate of drug-likeness (QED) is 0.250. The van der Waals surface area contributed by atoms with Crippen molar-refractivity contribution in [1.82, 2.24) is 4.98 Å². The average molecular weight is 469 g/mol. The van der Waals surface area contributed by atoms with Crippen molar-refractivity contribution < 1.29 is 4.79 Å². The smallest absolute Gasteiger partial charge is 0.231 e. The van der Waals surface area contributed by atoms with Crippen molar-refractivity contribution >= 4 is 61.3 Å². The van der Waals surface area contributed by atoms with E-state index in [1.54, 1.807) is 6.07 Å². The van der Waals surface area contributed by atoms with Crippen molar-refractivity contribution in [2.24, 2.45) is 10.2 Å². The summed E-state index contributed by atoms with van der Waals surface area (Å²) in [6.07, 6.45) is 3.73. The largest absolute Gasteiger partial charge is 0.370 e. The Morgan fingerprint density at radius 3 is 2.81 bits per heavy atom. The number of fused-ring (bicyclic) bond motifs is 1. The molecule has 3 rings (SSSR count). The van der Waals surface area contributed by atoms with E-state index in [9.17, 15) is 4.79 Å². The normalized spacial score (nSPS) is 11.1. The van der Waals surface area contributed by atoms with Gasteiger partial charge >= 0.3 is 0 Å². The van der Waals surface area contributed by atoms with Gasteiger partial charge < -0.3 is 10.2 Å². The summed E-state index contributed by atoms with van der Waals surface area (Å²) in [5.74, 6) is -0.192. The number of hydrogen-bond acceptors (Lipinski definition) is 7. The number of carbonyl (C=O) groups excluding carboxylic acids is 1. The van der Waals surface area contributed by atoms with Gasteiger partial charge in [-0.15, -0.1) is 10.2 Å². The van der Waals surface area contributed by atoms with Crippen molar-refractivity contribution in [1.29, 1.82) is 5.26 Å². The minimum atomic E-state index is -0.192. The van der Waals surface area contributed by atoms with Crippen molar-refractivity contribution in [2.45, 2.75) is 39.5 Å². The van der Waals surface area contributed by atoms with Crippen LogP contribution in [0.2, 0.25) is 5.02 Å². The molecule has 1 heterocycles. The summed E-state index contributed by atoms with van der Waals surface area (Å²) in [5, 5.41) is 21.6. The number of amides is 1. The van der Waals surface area contributed by atoms with Gasteiger partial charge in [-0.1, -0.05) is 42.7 Å². The average Bonchev–Trinajstić information content (AvgIpc) is 3.17. The summed E-state index contributed by atoms with van der Waals surface area (Å²) in [6.45, 7) is 5.10. The second kappa shape index (κ2) is 11.6. The fourth-order valence-corrected chi connectivity index (χ4v) is 4.29. The molecule has 3 aromatic rings. The number of nitrogens with zero attached hydrogens (tertiary/aromatic N) is 5. The first kappa shape index (κ1) is 23.6. The van der Waals surface area contributed by atoms with Gasteiger partial charge in [-0.25, -0.2) is 4.98 Å². The van der Waals surface area contributed by atoms with Crippen LogP contribution >= 0.6 is 22.9 Å². The molecule has 32 heavy (non-hydrogen) atoms. The number of benzene rings is 2. The molecule has 9 heteroatoms. The number of unbranched alkanes of at least 4 members (excludes halogenated alkanes) is 2. The van der Waals surface area contributed by atoms with Crippen LogP contribution in [0.4, 0.5) is 22.2 Å². The minimum absolute atomic E-state index is 0.192. The summed E-state index contributed by atoms with van der Waals surface area (Å²) in [5.41, 5.74) is 2.86. The molecule has 1 amide bonds. The van der Waals surface area contributed by atoms with E-state index in [1.165, 1.54) is 18.3 Å². The van der Waals surface area contributed by atoms with Gasteiger partial charge in [-0.05, 0) is 42.8 Å². The number of thiazole rings is 1. The van der Waals surface area contributed by atoms with Crippen molar-refractivity contribution in [3.05, 3.63) is 41.4 Å². The Hall–Kier alpha value is -3.02. The Balaban J connectivity index is 1.88. The summed E-state index contributed by atoms with van der Waals surface area (Å²) in [6, 6.07) is 13.4. The molecule has 0 radical (unpaired) electrons. The number of rotatable bonds is 10. The maximum atomic E-state index is 11.8. The lowest BCUT2D eigenvalue weighted by Crippen LogP contribution is -2.25. The molecule has 1 N–H and O–H groups in total. The predicted octanol–water partition coefficient (Wildman–Crippen LogP) is 7.23. The number of azo groups is 1.